The maximum atomic E-state index is 12.0. The predicted molar refractivity (Wildman–Crippen MR) is 73.0 cm³/mol. The number of rotatable bonds is 5. The minimum Gasteiger partial charge on any atom is -0.378 e. The molecule has 1 aliphatic heterocycles. The quantitative estimate of drug-likeness (QED) is 0.739. The van der Waals surface area contributed by atoms with Crippen LogP contribution in [0.5, 0.6) is 0 Å². The summed E-state index contributed by atoms with van der Waals surface area (Å²) in [6, 6.07) is 7.99. The van der Waals surface area contributed by atoms with Crippen molar-refractivity contribution in [3.05, 3.63) is 35.4 Å². The first-order chi connectivity index (χ1) is 8.79. The van der Waals surface area contributed by atoms with Gasteiger partial charge in [-0.2, -0.15) is 0 Å². The summed E-state index contributed by atoms with van der Waals surface area (Å²) >= 11 is 0. The van der Waals surface area contributed by atoms with Crippen molar-refractivity contribution in [1.29, 1.82) is 0 Å². The Morgan fingerprint density at radius 1 is 1.28 bits per heavy atom. The third-order valence-corrected chi connectivity index (χ3v) is 3.65. The molecule has 1 saturated heterocycles. The number of ether oxygens (including phenoxy) is 1. The van der Waals surface area contributed by atoms with E-state index in [-0.39, 0.29) is 5.78 Å². The molecule has 0 bridgehead atoms. The van der Waals surface area contributed by atoms with Crippen molar-refractivity contribution in [2.24, 2.45) is 0 Å². The molecule has 0 N–H and O–H groups in total. The fraction of sp³-hybridized carbons (Fsp3) is 0.562. The lowest BCUT2D eigenvalue weighted by Gasteiger charge is -2.22. The molecule has 18 heavy (non-hydrogen) atoms. The number of hydrogen-bond acceptors (Lipinski definition) is 2. The highest BCUT2D eigenvalue weighted by Crippen LogP contribution is 2.18. The second-order valence-corrected chi connectivity index (χ2v) is 5.00. The highest BCUT2D eigenvalue weighted by Gasteiger charge is 2.15. The van der Waals surface area contributed by atoms with Gasteiger partial charge in [0.2, 0.25) is 0 Å². The lowest BCUT2D eigenvalue weighted by Crippen LogP contribution is -2.20. The smallest absolute Gasteiger partial charge is 0.162 e. The number of carbonyl (C=O) groups is 1. The summed E-state index contributed by atoms with van der Waals surface area (Å²) in [5.74, 6) is 0.242. The van der Waals surface area contributed by atoms with Gasteiger partial charge in [-0.1, -0.05) is 31.2 Å². The molecule has 1 atom stereocenters. The number of hydrogen-bond donors (Lipinski definition) is 0. The van der Waals surface area contributed by atoms with Crippen LogP contribution in [0.2, 0.25) is 0 Å². The number of aryl methyl sites for hydroxylation is 1. The molecule has 1 aliphatic rings. The SMILES string of the molecule is CCc1ccc(C(=O)CCC2CCCCO2)cc1. The second-order valence-electron chi connectivity index (χ2n) is 5.00. The van der Waals surface area contributed by atoms with Gasteiger partial charge in [0.15, 0.2) is 5.78 Å². The Bertz CT molecular complexity index is 375. The zero-order valence-corrected chi connectivity index (χ0v) is 11.2. The third kappa shape index (κ3) is 3.67. The average molecular weight is 246 g/mol. The van der Waals surface area contributed by atoms with Gasteiger partial charge in [0.05, 0.1) is 6.10 Å². The fourth-order valence-corrected chi connectivity index (χ4v) is 2.40. The lowest BCUT2D eigenvalue weighted by atomic mass is 9.99. The Balaban J connectivity index is 1.82. The number of Topliss-reactive ketones (excluding diaryl/α,β-unsaturated/α-hetero) is 1. The topological polar surface area (TPSA) is 26.3 Å². The van der Waals surface area contributed by atoms with Crippen LogP contribution in [0.15, 0.2) is 24.3 Å². The summed E-state index contributed by atoms with van der Waals surface area (Å²) < 4.78 is 5.65. The van der Waals surface area contributed by atoms with Crippen molar-refractivity contribution in [2.45, 2.75) is 51.6 Å². The highest BCUT2D eigenvalue weighted by atomic mass is 16.5. The summed E-state index contributed by atoms with van der Waals surface area (Å²) in [7, 11) is 0. The minimum absolute atomic E-state index is 0.242. The van der Waals surface area contributed by atoms with Gasteiger partial charge in [0.1, 0.15) is 0 Å². The molecule has 2 heteroatoms. The molecule has 98 valence electrons. The van der Waals surface area contributed by atoms with Crippen LogP contribution in [0, 0.1) is 0 Å². The van der Waals surface area contributed by atoms with Crippen LogP contribution in [0.25, 0.3) is 0 Å². The van der Waals surface area contributed by atoms with Crippen molar-refractivity contribution >= 4 is 5.78 Å². The Hall–Kier alpha value is -1.15. The minimum atomic E-state index is 0.242. The molecule has 0 saturated carbocycles. The van der Waals surface area contributed by atoms with Crippen molar-refractivity contribution < 1.29 is 9.53 Å². The molecule has 0 amide bonds. The van der Waals surface area contributed by atoms with Gasteiger partial charge in [0.25, 0.3) is 0 Å². The summed E-state index contributed by atoms with van der Waals surface area (Å²) in [6.45, 7) is 2.99. The zero-order chi connectivity index (χ0) is 12.8. The molecule has 0 radical (unpaired) electrons. The third-order valence-electron chi connectivity index (χ3n) is 3.65. The molecular weight excluding hydrogens is 224 g/mol. The standard InChI is InChI=1S/C16H22O2/c1-2-13-6-8-14(9-7-13)16(17)11-10-15-5-3-4-12-18-15/h6-9,15H,2-5,10-12H2,1H3. The first-order valence-electron chi connectivity index (χ1n) is 7.03. The Labute approximate surface area is 109 Å². The van der Waals surface area contributed by atoms with E-state index >= 15 is 0 Å². The van der Waals surface area contributed by atoms with Gasteiger partial charge in [-0.3, -0.25) is 4.79 Å². The number of carbonyl (C=O) groups excluding carboxylic acids is 1. The van der Waals surface area contributed by atoms with E-state index in [1.165, 1.54) is 18.4 Å². The van der Waals surface area contributed by atoms with Crippen LogP contribution in [0.1, 0.15) is 54.9 Å². The van der Waals surface area contributed by atoms with E-state index in [1.54, 1.807) is 0 Å². The molecule has 2 rings (SSSR count). The Morgan fingerprint density at radius 3 is 2.67 bits per heavy atom. The normalized spacial score (nSPS) is 19.7. The molecule has 0 aliphatic carbocycles. The Morgan fingerprint density at radius 2 is 2.06 bits per heavy atom. The van der Waals surface area contributed by atoms with Crippen LogP contribution in [0.4, 0.5) is 0 Å². The van der Waals surface area contributed by atoms with E-state index in [4.69, 9.17) is 4.74 Å². The van der Waals surface area contributed by atoms with Gasteiger partial charge in [-0.15, -0.1) is 0 Å². The number of benzene rings is 1. The van der Waals surface area contributed by atoms with E-state index in [0.717, 1.165) is 31.4 Å². The molecule has 1 aromatic rings. The van der Waals surface area contributed by atoms with E-state index in [9.17, 15) is 4.79 Å². The second kappa shape index (κ2) is 6.69. The summed E-state index contributed by atoms with van der Waals surface area (Å²) in [4.78, 5) is 12.0. The monoisotopic (exact) mass is 246 g/mol. The Kier molecular flexibility index (Phi) is 4.94. The van der Waals surface area contributed by atoms with Crippen LogP contribution < -0.4 is 0 Å². The molecule has 1 heterocycles. The largest absolute Gasteiger partial charge is 0.378 e. The first-order valence-corrected chi connectivity index (χ1v) is 7.03. The van der Waals surface area contributed by atoms with Gasteiger partial charge in [0, 0.05) is 18.6 Å². The van der Waals surface area contributed by atoms with E-state index in [1.807, 2.05) is 24.3 Å². The van der Waals surface area contributed by atoms with Gasteiger partial charge < -0.3 is 4.74 Å². The zero-order valence-electron chi connectivity index (χ0n) is 11.2. The average Bonchev–Trinajstić information content (AvgIpc) is 2.46. The van der Waals surface area contributed by atoms with E-state index < -0.39 is 0 Å². The van der Waals surface area contributed by atoms with E-state index in [2.05, 4.69) is 6.92 Å². The predicted octanol–water partition coefficient (Wildman–Crippen LogP) is 3.78. The van der Waals surface area contributed by atoms with Gasteiger partial charge in [-0.25, -0.2) is 0 Å². The van der Waals surface area contributed by atoms with Gasteiger partial charge in [-0.05, 0) is 37.7 Å². The van der Waals surface area contributed by atoms with Crippen molar-refractivity contribution in [1.82, 2.24) is 0 Å². The van der Waals surface area contributed by atoms with Crippen LogP contribution in [-0.2, 0) is 11.2 Å². The van der Waals surface area contributed by atoms with Crippen LogP contribution in [0.3, 0.4) is 0 Å². The molecule has 1 fully saturated rings. The summed E-state index contributed by atoms with van der Waals surface area (Å²) in [6.07, 6.45) is 6.32. The van der Waals surface area contributed by atoms with Crippen molar-refractivity contribution in [2.75, 3.05) is 6.61 Å². The molecule has 0 spiro atoms. The maximum Gasteiger partial charge on any atom is 0.162 e. The molecule has 0 aromatic heterocycles. The maximum absolute atomic E-state index is 12.0. The fourth-order valence-electron chi connectivity index (χ4n) is 2.40. The molecule has 1 aromatic carbocycles. The lowest BCUT2D eigenvalue weighted by molar-refractivity contribution is 0.0104. The first kappa shape index (κ1) is 13.3. The highest BCUT2D eigenvalue weighted by molar-refractivity contribution is 5.96. The van der Waals surface area contributed by atoms with Crippen LogP contribution >= 0.6 is 0 Å². The van der Waals surface area contributed by atoms with Crippen molar-refractivity contribution in [3.8, 4) is 0 Å². The summed E-state index contributed by atoms with van der Waals surface area (Å²) in [5.41, 5.74) is 2.12. The van der Waals surface area contributed by atoms with E-state index in [0.29, 0.717) is 12.5 Å². The summed E-state index contributed by atoms with van der Waals surface area (Å²) in [5, 5.41) is 0. The number of ketones is 1. The molecular formula is C16H22O2. The van der Waals surface area contributed by atoms with Crippen LogP contribution in [-0.4, -0.2) is 18.5 Å². The molecule has 1 unspecified atom stereocenters. The van der Waals surface area contributed by atoms with Gasteiger partial charge >= 0.3 is 0 Å². The molecule has 2 nitrogen and oxygen atoms in total. The van der Waals surface area contributed by atoms with Crippen molar-refractivity contribution in [3.63, 3.8) is 0 Å².